The first-order chi connectivity index (χ1) is 70.1. The molecule has 0 amide bonds. The lowest BCUT2D eigenvalue weighted by molar-refractivity contribution is -0.199. The van der Waals surface area contributed by atoms with Gasteiger partial charge in [-0.25, -0.2) is 29.9 Å². The number of hydrogen-bond acceptors (Lipinski definition) is 31. The van der Waals surface area contributed by atoms with Gasteiger partial charge in [-0.1, -0.05) is 17.8 Å². The number of aliphatic hydroxyl groups is 1. The van der Waals surface area contributed by atoms with E-state index in [1.807, 2.05) is 169 Å². The summed E-state index contributed by atoms with van der Waals surface area (Å²) >= 11 is 0. The zero-order valence-corrected chi connectivity index (χ0v) is 83.0. The number of alkyl halides is 3. The van der Waals surface area contributed by atoms with Gasteiger partial charge < -0.3 is 77.4 Å². The maximum atomic E-state index is 13.3. The largest absolute Gasteiger partial charge is 0.497 e. The molecule has 0 unspecified atom stereocenters. The van der Waals surface area contributed by atoms with Crippen LogP contribution in [-0.2, 0) is 35.4 Å². The third-order valence-corrected chi connectivity index (χ3v) is 23.3. The number of benzene rings is 8. The Morgan fingerprint density at radius 1 is 0.428 bits per heavy atom. The molecule has 746 valence electrons. The third kappa shape index (κ3) is 26.4. The Kier molecular flexibility index (Phi) is 33.5. The fraction of sp³-hybridized carbons (Fsp3) is 0.280. The minimum absolute atomic E-state index is 0.173. The van der Waals surface area contributed by atoms with Crippen molar-refractivity contribution in [2.45, 2.75) is 65.0 Å². The van der Waals surface area contributed by atoms with Crippen LogP contribution in [0.15, 0.2) is 232 Å². The van der Waals surface area contributed by atoms with Crippen LogP contribution in [0.25, 0.3) is 89.2 Å². The Bertz CT molecular complexity index is 7430. The molecular weight excluding hydrogens is 1860 g/mol. The number of ether oxygens (including phenoxy) is 10. The van der Waals surface area contributed by atoms with E-state index in [0.29, 0.717) is 99.5 Å². The highest BCUT2D eigenvalue weighted by atomic mass is 19.4. The first-order valence-electron chi connectivity index (χ1n) is 46.1. The van der Waals surface area contributed by atoms with Crippen molar-refractivity contribution in [3.05, 3.63) is 244 Å². The average Bonchev–Trinajstić information content (AvgIpc) is 1.37. The minimum atomic E-state index is -4.80. The summed E-state index contributed by atoms with van der Waals surface area (Å²) in [6.07, 6.45) is 17.5. The van der Waals surface area contributed by atoms with Gasteiger partial charge in [0.05, 0.1) is 206 Å². The van der Waals surface area contributed by atoms with Crippen LogP contribution in [0.1, 0.15) is 51.2 Å². The molecule has 1 fully saturated rings. The van der Waals surface area contributed by atoms with E-state index in [2.05, 4.69) is 106 Å². The predicted molar refractivity (Wildman–Crippen MR) is 549 cm³/mol. The standard InChI is InChI=1S/C28H25N7O2.C28H30N6O2.C26H29N5O5.C25H26F3N5O3/c1-19-9-10-29-28(32-19)6-5-11-35(22-12-23(36-3)15-24(13-22)37-4)21-7-8-25-26(14-21)33-27(17-30-25)20-16-31-34(2)18-20;1-33-19-21(17-31-33)28-18-30-26-7-6-22(15-27(26)32-28)34(12-4-5-20-8-10-29-11-9-20)23-13-24(35-2)16-25(14-23)36-3;1-17(32)36-23(16-33-3)15-31(20-8-21(34-4)11-22(9-20)35-5)19-6-7-24-25(10-19)29-26(13-27-24)18-12-28-30(2)14-18;1-15(2)33-13-16(11-30-33)23-12-29-21-6-5-17(9-22(21)31-23)32(14-24(34)25(26,27)28)18-7-19(35-3)10-20(8-18)36-4/h7-10,12-18H,11H2,1-4H3;6-7,13-20,29H,8-12H2,1-3H3;6-14,23H,15-16H2,1-5H3;5-13,15,24,34H,14H2,1-4H3/t;;23-;24-/m..11/s1. The van der Waals surface area contributed by atoms with Crippen molar-refractivity contribution in [1.82, 2.24) is 94.3 Å². The molecular formula is C107H110F3N23O12. The molecule has 1 aliphatic rings. The second-order valence-corrected chi connectivity index (χ2v) is 33.8. The van der Waals surface area contributed by atoms with Gasteiger partial charge in [-0.3, -0.25) is 43.5 Å². The lowest BCUT2D eigenvalue weighted by Crippen LogP contribution is -2.39. The van der Waals surface area contributed by atoms with Crippen molar-refractivity contribution in [3.63, 3.8) is 0 Å². The van der Waals surface area contributed by atoms with Crippen molar-refractivity contribution < 1.29 is 70.4 Å². The highest BCUT2D eigenvalue weighted by Crippen LogP contribution is 2.42. The van der Waals surface area contributed by atoms with E-state index in [1.165, 1.54) is 26.0 Å². The number of aromatic nitrogens is 18. The van der Waals surface area contributed by atoms with E-state index >= 15 is 0 Å². The maximum absolute atomic E-state index is 13.3. The van der Waals surface area contributed by atoms with Crippen molar-refractivity contribution in [2.24, 2.45) is 27.1 Å². The highest BCUT2D eigenvalue weighted by molar-refractivity contribution is 5.88. The van der Waals surface area contributed by atoms with Gasteiger partial charge >= 0.3 is 12.1 Å². The first kappa shape index (κ1) is 102. The van der Waals surface area contributed by atoms with Crippen LogP contribution in [0.5, 0.6) is 46.0 Å². The fourth-order valence-electron chi connectivity index (χ4n) is 15.8. The number of nitrogens with zero attached hydrogens (tertiary/aromatic N) is 22. The van der Waals surface area contributed by atoms with Crippen molar-refractivity contribution in [3.8, 4) is 115 Å². The number of aliphatic hydroxyl groups excluding tert-OH is 1. The number of anilines is 8. The van der Waals surface area contributed by atoms with Crippen LogP contribution in [0.3, 0.4) is 0 Å². The van der Waals surface area contributed by atoms with Crippen LogP contribution in [0, 0.1) is 36.5 Å². The number of rotatable bonds is 30. The van der Waals surface area contributed by atoms with Gasteiger partial charge in [-0.05, 0) is 131 Å². The van der Waals surface area contributed by atoms with Crippen molar-refractivity contribution >= 4 is 95.6 Å². The molecule has 8 aromatic carbocycles. The summed E-state index contributed by atoms with van der Waals surface area (Å²) in [6, 6.07) is 46.7. The summed E-state index contributed by atoms with van der Waals surface area (Å²) in [5.74, 6) is 18.6. The van der Waals surface area contributed by atoms with Crippen LogP contribution < -0.4 is 62.8 Å². The first-order valence-corrected chi connectivity index (χ1v) is 46.1. The van der Waals surface area contributed by atoms with Crippen molar-refractivity contribution in [2.75, 3.05) is 129 Å². The number of piperidine rings is 1. The number of methoxy groups -OCH3 is 9. The Morgan fingerprint density at radius 3 is 1.10 bits per heavy atom. The molecule has 145 heavy (non-hydrogen) atoms. The molecule has 18 rings (SSSR count). The van der Waals surface area contributed by atoms with Gasteiger partial charge in [0, 0.05) is 224 Å². The SMILES string of the molecule is COC[C@@H](CN(c1cc(OC)cc(OC)c1)c1ccc2ncc(-c3cnn(C)c3)nc2c1)OC(C)=O.COc1cc(OC)cc(N(CC#CC2CCNCC2)c2ccc3ncc(-c4cnn(C)c4)nc3c2)c1.COc1cc(OC)cc(N(CC#Cc2nccc(C)n2)c2ccc3ncc(-c4cnn(C)c4)nc3c2)c1.COc1cc(OC)cc(N(C[C@@H](O)C(F)(F)F)c2ccc3ncc(-c4cnn(C(C)C)c4)nc3c2)c1. The van der Waals surface area contributed by atoms with E-state index in [-0.39, 0.29) is 18.6 Å². The number of aryl methyl sites for hydroxylation is 4. The van der Waals surface area contributed by atoms with E-state index in [4.69, 9.17) is 62.3 Å². The van der Waals surface area contributed by atoms with Gasteiger partial charge in [0.15, 0.2) is 6.10 Å². The molecule has 2 N–H and O–H groups in total. The molecule has 38 heteroatoms. The molecule has 1 aliphatic heterocycles. The minimum Gasteiger partial charge on any atom is -0.497 e. The molecule has 17 aromatic rings. The lowest BCUT2D eigenvalue weighted by Gasteiger charge is -2.29. The summed E-state index contributed by atoms with van der Waals surface area (Å²) in [7, 11) is 19.9. The zero-order valence-electron chi connectivity index (χ0n) is 83.0. The Labute approximate surface area is 835 Å². The molecule has 0 saturated carbocycles. The van der Waals surface area contributed by atoms with E-state index < -0.39 is 24.9 Å². The van der Waals surface area contributed by atoms with Gasteiger partial charge in [0.1, 0.15) is 52.1 Å². The van der Waals surface area contributed by atoms with E-state index in [0.717, 1.165) is 144 Å². The number of carbonyl (C=O) groups is 1. The van der Waals surface area contributed by atoms with E-state index in [9.17, 15) is 23.1 Å². The quantitative estimate of drug-likeness (QED) is 0.0312. The van der Waals surface area contributed by atoms with Gasteiger partial charge in [0.2, 0.25) is 5.82 Å². The van der Waals surface area contributed by atoms with Gasteiger partial charge in [0.25, 0.3) is 0 Å². The molecule has 9 aromatic heterocycles. The normalized spacial score (nSPS) is 12.2. The number of carbonyl (C=O) groups excluding carboxylic acids is 1. The van der Waals surface area contributed by atoms with Crippen molar-refractivity contribution in [1.29, 1.82) is 0 Å². The third-order valence-electron chi connectivity index (χ3n) is 23.3. The number of esters is 1. The van der Waals surface area contributed by atoms with E-state index in [1.54, 1.807) is 167 Å². The summed E-state index contributed by atoms with van der Waals surface area (Å²) in [5.41, 5.74) is 18.9. The average molecular weight is 1970 g/mol. The topological polar surface area (TPSA) is 355 Å². The Balaban J connectivity index is 0.000000145. The Hall–Kier alpha value is -17.1. The monoisotopic (exact) mass is 1970 g/mol. The fourth-order valence-corrected chi connectivity index (χ4v) is 15.8. The maximum Gasteiger partial charge on any atom is 0.416 e. The second kappa shape index (κ2) is 47.4. The summed E-state index contributed by atoms with van der Waals surface area (Å²) in [4.78, 5) is 65.5. The summed E-state index contributed by atoms with van der Waals surface area (Å²) in [6.45, 7) is 10.1. The van der Waals surface area contributed by atoms with Gasteiger partial charge in [-0.2, -0.15) is 33.6 Å². The van der Waals surface area contributed by atoms with Crippen LogP contribution in [0.4, 0.5) is 58.7 Å². The van der Waals surface area contributed by atoms with Crippen LogP contribution in [0.2, 0.25) is 0 Å². The number of halogens is 3. The number of fused-ring (bicyclic) bond motifs is 4. The van der Waals surface area contributed by atoms with Crippen LogP contribution >= 0.6 is 0 Å². The molecule has 2 atom stereocenters. The zero-order chi connectivity index (χ0) is 102. The number of hydrogen-bond donors (Lipinski definition) is 2. The number of nitrogens with one attached hydrogen (secondary N) is 1. The molecule has 0 spiro atoms. The summed E-state index contributed by atoms with van der Waals surface area (Å²) < 4.78 is 102. The molecule has 1 saturated heterocycles. The second-order valence-electron chi connectivity index (χ2n) is 33.8. The molecule has 0 radical (unpaired) electrons. The Morgan fingerprint density at radius 2 is 0.772 bits per heavy atom. The molecule has 35 nitrogen and oxygen atoms in total. The van der Waals surface area contributed by atoms with Crippen LogP contribution in [-0.4, -0.2) is 228 Å². The smallest absolute Gasteiger partial charge is 0.416 e. The molecule has 10 heterocycles. The predicted octanol–water partition coefficient (Wildman–Crippen LogP) is 17.4. The summed E-state index contributed by atoms with van der Waals surface area (Å²) in [5, 5.41) is 30.4. The van der Waals surface area contributed by atoms with Gasteiger partial charge in [-0.15, -0.1) is 0 Å². The highest BCUT2D eigenvalue weighted by Gasteiger charge is 2.40. The molecule has 0 aliphatic carbocycles. The lowest BCUT2D eigenvalue weighted by atomic mass is 9.99. The molecule has 0 bridgehead atoms.